The van der Waals surface area contributed by atoms with Crippen molar-refractivity contribution in [3.8, 4) is 5.75 Å². The highest BCUT2D eigenvalue weighted by molar-refractivity contribution is 9.10. The molecule has 5 nitrogen and oxygen atoms in total. The van der Waals surface area contributed by atoms with Gasteiger partial charge in [-0.15, -0.1) is 11.3 Å². The molecule has 0 aliphatic heterocycles. The van der Waals surface area contributed by atoms with E-state index in [1.807, 2.05) is 30.3 Å². The molecule has 4 aromatic rings. The molecule has 3 heterocycles. The van der Waals surface area contributed by atoms with Gasteiger partial charge in [-0.05, 0) is 33.6 Å². The lowest BCUT2D eigenvalue weighted by Crippen LogP contribution is -2.24. The molecule has 0 spiro atoms. The lowest BCUT2D eigenvalue weighted by atomic mass is 10.1. The van der Waals surface area contributed by atoms with Gasteiger partial charge in [0.2, 0.25) is 0 Å². The number of benzene rings is 1. The smallest absolute Gasteiger partial charge is 0.274 e. The molecule has 2 N–H and O–H groups in total. The highest BCUT2D eigenvalue weighted by atomic mass is 79.9. The third kappa shape index (κ3) is 2.85. The Morgan fingerprint density at radius 2 is 2.08 bits per heavy atom. The van der Waals surface area contributed by atoms with Gasteiger partial charge >= 0.3 is 0 Å². The molecule has 7 heteroatoms. The van der Waals surface area contributed by atoms with Gasteiger partial charge in [0.1, 0.15) is 4.60 Å². The van der Waals surface area contributed by atoms with E-state index < -0.39 is 5.91 Å². The molecule has 3 aromatic heterocycles. The second-order valence-corrected chi connectivity index (χ2v) is 7.25. The summed E-state index contributed by atoms with van der Waals surface area (Å²) in [5.41, 5.74) is 0.882. The maximum Gasteiger partial charge on any atom is 0.274 e. The third-order valence-corrected chi connectivity index (χ3v) is 5.59. The molecule has 0 saturated carbocycles. The maximum absolute atomic E-state index is 12.5. The fourth-order valence-electron chi connectivity index (χ4n) is 2.66. The van der Waals surface area contributed by atoms with E-state index in [0.717, 1.165) is 21.0 Å². The van der Waals surface area contributed by atoms with Crippen LogP contribution in [0.2, 0.25) is 0 Å². The number of hydrogen-bond acceptors (Lipinski definition) is 5. The van der Waals surface area contributed by atoms with Crippen LogP contribution in [0.15, 0.2) is 53.4 Å². The normalized spacial score (nSPS) is 11.1. The van der Waals surface area contributed by atoms with Crippen molar-refractivity contribution in [2.45, 2.75) is 6.54 Å². The zero-order valence-electron chi connectivity index (χ0n) is 12.9. The van der Waals surface area contributed by atoms with Crippen LogP contribution >= 0.6 is 27.3 Å². The van der Waals surface area contributed by atoms with Gasteiger partial charge < -0.3 is 10.4 Å². The number of fused-ring (bicyclic) bond motifs is 3. The average molecular weight is 414 g/mol. The molecule has 0 saturated heterocycles. The topological polar surface area (TPSA) is 75.1 Å². The first-order valence-electron chi connectivity index (χ1n) is 7.52. The summed E-state index contributed by atoms with van der Waals surface area (Å²) < 4.78 is 2.22. The fourth-order valence-corrected chi connectivity index (χ4v) is 4.53. The zero-order chi connectivity index (χ0) is 17.4. The Morgan fingerprint density at radius 3 is 2.88 bits per heavy atom. The number of carbonyl (C=O) groups is 1. The van der Waals surface area contributed by atoms with Crippen LogP contribution in [0.5, 0.6) is 5.75 Å². The minimum absolute atomic E-state index is 0.00909. The van der Waals surface area contributed by atoms with Crippen molar-refractivity contribution in [3.05, 3.63) is 64.7 Å². The van der Waals surface area contributed by atoms with Gasteiger partial charge in [-0.3, -0.25) is 9.78 Å². The van der Waals surface area contributed by atoms with Crippen molar-refractivity contribution in [1.29, 1.82) is 0 Å². The van der Waals surface area contributed by atoms with Crippen LogP contribution in [0.4, 0.5) is 0 Å². The Morgan fingerprint density at radius 1 is 1.24 bits per heavy atom. The first-order chi connectivity index (χ1) is 12.1. The summed E-state index contributed by atoms with van der Waals surface area (Å²) in [6.45, 7) is 0.315. The molecule has 0 bridgehead atoms. The summed E-state index contributed by atoms with van der Waals surface area (Å²) in [6.07, 6.45) is 3.35. The molecule has 1 amide bonds. The summed E-state index contributed by atoms with van der Waals surface area (Å²) in [5.74, 6) is -0.524. The molecule has 4 rings (SSSR count). The number of hydrogen-bond donors (Lipinski definition) is 2. The van der Waals surface area contributed by atoms with Gasteiger partial charge in [-0.1, -0.05) is 24.3 Å². The monoisotopic (exact) mass is 413 g/mol. The second-order valence-electron chi connectivity index (χ2n) is 5.45. The van der Waals surface area contributed by atoms with E-state index in [1.165, 1.54) is 11.3 Å². The molecule has 124 valence electrons. The standard InChI is InChI=1S/C18H12BrN3O2S/c19-17-13-11-5-1-2-6-12(11)25-16(13)15(23)14(22-17)18(24)21-9-10-4-3-7-20-8-10/h1-8,23H,9H2,(H,21,24). The Balaban J connectivity index is 1.73. The quantitative estimate of drug-likeness (QED) is 0.492. The lowest BCUT2D eigenvalue weighted by Gasteiger charge is -2.08. The van der Waals surface area contributed by atoms with Crippen LogP contribution < -0.4 is 5.32 Å². The number of halogens is 1. The maximum atomic E-state index is 12.5. The van der Waals surface area contributed by atoms with Gasteiger partial charge in [-0.2, -0.15) is 0 Å². The van der Waals surface area contributed by atoms with Crippen molar-refractivity contribution >= 4 is 53.3 Å². The Hall–Kier alpha value is -2.51. The lowest BCUT2D eigenvalue weighted by molar-refractivity contribution is 0.0943. The largest absolute Gasteiger partial charge is 0.504 e. The number of amides is 1. The molecule has 0 unspecified atom stereocenters. The Labute approximate surface area is 155 Å². The number of rotatable bonds is 3. The number of aromatic hydroxyl groups is 1. The van der Waals surface area contributed by atoms with E-state index in [-0.39, 0.29) is 11.4 Å². The van der Waals surface area contributed by atoms with Crippen molar-refractivity contribution in [2.75, 3.05) is 0 Å². The van der Waals surface area contributed by atoms with E-state index in [9.17, 15) is 9.90 Å². The van der Waals surface area contributed by atoms with Crippen LogP contribution in [-0.4, -0.2) is 21.0 Å². The van der Waals surface area contributed by atoms with E-state index in [4.69, 9.17) is 0 Å². The molecule has 0 atom stereocenters. The van der Waals surface area contributed by atoms with Crippen molar-refractivity contribution in [1.82, 2.24) is 15.3 Å². The van der Waals surface area contributed by atoms with Crippen LogP contribution in [-0.2, 0) is 6.54 Å². The van der Waals surface area contributed by atoms with E-state index in [0.29, 0.717) is 15.8 Å². The molecule has 0 aliphatic carbocycles. The summed E-state index contributed by atoms with van der Waals surface area (Å²) in [7, 11) is 0. The summed E-state index contributed by atoms with van der Waals surface area (Å²) in [4.78, 5) is 20.8. The Kier molecular flexibility index (Phi) is 4.10. The number of thiophene rings is 1. The minimum Gasteiger partial charge on any atom is -0.504 e. The second kappa shape index (κ2) is 6.42. The molecular formula is C18H12BrN3O2S. The predicted octanol–water partition coefficient (Wildman–Crippen LogP) is 4.24. The predicted molar refractivity (Wildman–Crippen MR) is 102 cm³/mol. The van der Waals surface area contributed by atoms with Crippen LogP contribution in [0.3, 0.4) is 0 Å². The number of nitrogens with one attached hydrogen (secondary N) is 1. The fraction of sp³-hybridized carbons (Fsp3) is 0.0556. The molecule has 0 aliphatic rings. The third-order valence-electron chi connectivity index (χ3n) is 3.84. The number of pyridine rings is 2. The van der Waals surface area contributed by atoms with E-state index in [1.54, 1.807) is 18.5 Å². The highest BCUT2D eigenvalue weighted by Gasteiger charge is 2.21. The number of nitrogens with zero attached hydrogens (tertiary/aromatic N) is 2. The van der Waals surface area contributed by atoms with Crippen LogP contribution in [0.1, 0.15) is 16.1 Å². The van der Waals surface area contributed by atoms with Gasteiger partial charge in [0.25, 0.3) is 5.91 Å². The average Bonchev–Trinajstić information content (AvgIpc) is 3.04. The first-order valence-corrected chi connectivity index (χ1v) is 9.13. The van der Waals surface area contributed by atoms with Crippen molar-refractivity contribution < 1.29 is 9.90 Å². The number of carbonyl (C=O) groups excluding carboxylic acids is 1. The SMILES string of the molecule is O=C(NCc1cccnc1)c1nc(Br)c2c(sc3ccccc32)c1O. The minimum atomic E-state index is -0.429. The van der Waals surface area contributed by atoms with Crippen molar-refractivity contribution in [3.63, 3.8) is 0 Å². The molecule has 0 radical (unpaired) electrons. The first kappa shape index (κ1) is 16.0. The van der Waals surface area contributed by atoms with Crippen LogP contribution in [0.25, 0.3) is 20.2 Å². The molecule has 0 fully saturated rings. The summed E-state index contributed by atoms with van der Waals surface area (Å²) in [5, 5.41) is 15.2. The molecule has 1 aromatic carbocycles. The molecular weight excluding hydrogens is 402 g/mol. The van der Waals surface area contributed by atoms with Gasteiger partial charge in [0.15, 0.2) is 11.4 Å². The Bertz CT molecular complexity index is 1100. The zero-order valence-corrected chi connectivity index (χ0v) is 15.3. The van der Waals surface area contributed by atoms with E-state index in [2.05, 4.69) is 31.2 Å². The van der Waals surface area contributed by atoms with E-state index >= 15 is 0 Å². The summed E-state index contributed by atoms with van der Waals surface area (Å²) in [6, 6.07) is 11.5. The van der Waals surface area contributed by atoms with Crippen LogP contribution in [0, 0.1) is 0 Å². The summed E-state index contributed by atoms with van der Waals surface area (Å²) >= 11 is 4.88. The number of aromatic nitrogens is 2. The van der Waals surface area contributed by atoms with Gasteiger partial charge in [0.05, 0.1) is 4.70 Å². The van der Waals surface area contributed by atoms with Crippen molar-refractivity contribution in [2.24, 2.45) is 0 Å². The van der Waals surface area contributed by atoms with Gasteiger partial charge in [-0.25, -0.2) is 4.98 Å². The highest BCUT2D eigenvalue weighted by Crippen LogP contribution is 2.42. The molecule has 25 heavy (non-hydrogen) atoms. The van der Waals surface area contributed by atoms with Gasteiger partial charge in [0, 0.05) is 34.4 Å².